The number of nitrogens with one attached hydrogen (secondary N) is 1. The van der Waals surface area contributed by atoms with Gasteiger partial charge in [0.1, 0.15) is 6.61 Å². The minimum absolute atomic E-state index is 0.0679. The molecule has 0 saturated carbocycles. The molecule has 0 radical (unpaired) electrons. The van der Waals surface area contributed by atoms with E-state index in [0.29, 0.717) is 35.0 Å². The van der Waals surface area contributed by atoms with Crippen LogP contribution < -0.4 is 15.0 Å². The van der Waals surface area contributed by atoms with Crippen LogP contribution in [-0.2, 0) is 0 Å². The molecule has 3 aliphatic rings. The second-order valence-electron chi connectivity index (χ2n) is 7.62. The van der Waals surface area contributed by atoms with Gasteiger partial charge in [-0.2, -0.15) is 0 Å². The van der Waals surface area contributed by atoms with Crippen molar-refractivity contribution in [3.63, 3.8) is 0 Å². The summed E-state index contributed by atoms with van der Waals surface area (Å²) >= 11 is 6.26. The van der Waals surface area contributed by atoms with Gasteiger partial charge in [-0.3, -0.25) is 4.79 Å². The van der Waals surface area contributed by atoms with Crippen LogP contribution in [-0.4, -0.2) is 56.2 Å². The number of benzene rings is 1. The molecule has 4 rings (SSSR count). The highest BCUT2D eigenvalue weighted by Gasteiger charge is 2.37. The van der Waals surface area contributed by atoms with Crippen molar-refractivity contribution in [2.45, 2.75) is 50.2 Å². The van der Waals surface area contributed by atoms with Crippen LogP contribution in [0.5, 0.6) is 5.75 Å². The summed E-state index contributed by atoms with van der Waals surface area (Å²) in [6, 6.07) is 5.01. The van der Waals surface area contributed by atoms with E-state index in [9.17, 15) is 4.79 Å². The minimum atomic E-state index is -0.0679. The molecule has 2 saturated heterocycles. The molecular formula is C19H26ClN3O2. The van der Waals surface area contributed by atoms with Gasteiger partial charge in [0.25, 0.3) is 5.91 Å². The Hall–Kier alpha value is -1.46. The van der Waals surface area contributed by atoms with Crippen molar-refractivity contribution in [2.24, 2.45) is 0 Å². The fraction of sp³-hybridized carbons (Fsp3) is 0.632. The van der Waals surface area contributed by atoms with Gasteiger partial charge in [-0.15, -0.1) is 0 Å². The number of piperidine rings is 2. The van der Waals surface area contributed by atoms with Gasteiger partial charge in [-0.1, -0.05) is 18.0 Å². The van der Waals surface area contributed by atoms with Crippen molar-refractivity contribution in [1.29, 1.82) is 0 Å². The van der Waals surface area contributed by atoms with Gasteiger partial charge < -0.3 is 19.9 Å². The number of carbonyl (C=O) groups is 1. The molecule has 5 nitrogen and oxygen atoms in total. The van der Waals surface area contributed by atoms with Crippen LogP contribution >= 0.6 is 11.6 Å². The minimum Gasteiger partial charge on any atom is -0.489 e. The molecule has 1 aromatic carbocycles. The zero-order valence-corrected chi connectivity index (χ0v) is 15.7. The zero-order chi connectivity index (χ0) is 17.6. The maximum Gasteiger partial charge on any atom is 0.255 e. The Bertz CT molecular complexity index is 667. The van der Waals surface area contributed by atoms with Crippen LogP contribution in [0.3, 0.4) is 0 Å². The maximum absolute atomic E-state index is 13.0. The zero-order valence-electron chi connectivity index (χ0n) is 14.9. The molecule has 3 aliphatic heterocycles. The lowest BCUT2D eigenvalue weighted by atomic mass is 9.82. The van der Waals surface area contributed by atoms with Gasteiger partial charge in [0.2, 0.25) is 0 Å². The SMILES string of the molecule is CN1CCOc2c(C(=O)NC3CC4CCCC(C3)N4C)cc(Cl)cc21. The van der Waals surface area contributed by atoms with E-state index >= 15 is 0 Å². The van der Waals surface area contributed by atoms with Crippen molar-refractivity contribution in [3.8, 4) is 5.75 Å². The summed E-state index contributed by atoms with van der Waals surface area (Å²) in [6.45, 7) is 1.39. The van der Waals surface area contributed by atoms with Crippen molar-refractivity contribution in [2.75, 3.05) is 32.1 Å². The topological polar surface area (TPSA) is 44.8 Å². The van der Waals surface area contributed by atoms with Crippen LogP contribution in [0.2, 0.25) is 5.02 Å². The molecule has 0 spiro atoms. The van der Waals surface area contributed by atoms with Crippen LogP contribution in [0.1, 0.15) is 42.5 Å². The number of hydrogen-bond donors (Lipinski definition) is 1. The first-order chi connectivity index (χ1) is 12.0. The van der Waals surface area contributed by atoms with E-state index < -0.39 is 0 Å². The van der Waals surface area contributed by atoms with E-state index in [1.807, 2.05) is 13.1 Å². The van der Waals surface area contributed by atoms with Crippen molar-refractivity contribution >= 4 is 23.2 Å². The molecular weight excluding hydrogens is 338 g/mol. The number of halogens is 1. The lowest BCUT2D eigenvalue weighted by molar-refractivity contribution is 0.0462. The molecule has 3 heterocycles. The van der Waals surface area contributed by atoms with Gasteiger partial charge in [0, 0.05) is 30.2 Å². The Morgan fingerprint density at radius 1 is 1.24 bits per heavy atom. The smallest absolute Gasteiger partial charge is 0.255 e. The average Bonchev–Trinajstić information content (AvgIpc) is 2.56. The third-order valence-electron chi connectivity index (χ3n) is 6.04. The first kappa shape index (κ1) is 17.0. The Morgan fingerprint density at radius 3 is 2.68 bits per heavy atom. The molecule has 25 heavy (non-hydrogen) atoms. The first-order valence-electron chi connectivity index (χ1n) is 9.23. The van der Waals surface area contributed by atoms with Crippen LogP contribution in [0.25, 0.3) is 0 Å². The van der Waals surface area contributed by atoms with E-state index in [2.05, 4.69) is 22.2 Å². The summed E-state index contributed by atoms with van der Waals surface area (Å²) in [5.74, 6) is 0.588. The van der Waals surface area contributed by atoms with E-state index in [1.54, 1.807) is 6.07 Å². The number of likely N-dealkylation sites (N-methyl/N-ethyl adjacent to an activating group) is 1. The Balaban J connectivity index is 1.54. The Morgan fingerprint density at radius 2 is 1.96 bits per heavy atom. The van der Waals surface area contributed by atoms with Crippen molar-refractivity contribution in [1.82, 2.24) is 10.2 Å². The summed E-state index contributed by atoms with van der Waals surface area (Å²) in [5, 5.41) is 3.82. The van der Waals surface area contributed by atoms with Crippen LogP contribution in [0, 0.1) is 0 Å². The summed E-state index contributed by atoms with van der Waals surface area (Å²) in [5.41, 5.74) is 1.45. The largest absolute Gasteiger partial charge is 0.489 e. The summed E-state index contributed by atoms with van der Waals surface area (Å²) in [4.78, 5) is 17.6. The number of carbonyl (C=O) groups excluding carboxylic acids is 1. The highest BCUT2D eigenvalue weighted by atomic mass is 35.5. The maximum atomic E-state index is 13.0. The predicted molar refractivity (Wildman–Crippen MR) is 99.9 cm³/mol. The van der Waals surface area contributed by atoms with Gasteiger partial charge in [0.15, 0.2) is 5.75 Å². The number of amides is 1. The lowest BCUT2D eigenvalue weighted by Gasteiger charge is -2.47. The number of rotatable bonds is 2. The second kappa shape index (κ2) is 6.69. The van der Waals surface area contributed by atoms with E-state index in [0.717, 1.165) is 25.1 Å². The molecule has 1 aromatic rings. The third kappa shape index (κ3) is 3.20. The van der Waals surface area contributed by atoms with Crippen LogP contribution in [0.4, 0.5) is 5.69 Å². The number of ether oxygens (including phenoxy) is 1. The molecule has 1 N–H and O–H groups in total. The first-order valence-corrected chi connectivity index (χ1v) is 9.61. The highest BCUT2D eigenvalue weighted by molar-refractivity contribution is 6.31. The molecule has 0 aliphatic carbocycles. The van der Waals surface area contributed by atoms with Gasteiger partial charge >= 0.3 is 0 Å². The molecule has 1 amide bonds. The Labute approximate surface area is 154 Å². The Kier molecular flexibility index (Phi) is 4.54. The van der Waals surface area contributed by atoms with Gasteiger partial charge in [-0.05, 0) is 44.9 Å². The molecule has 2 fully saturated rings. The molecule has 0 aromatic heterocycles. The lowest BCUT2D eigenvalue weighted by Crippen LogP contribution is -2.55. The standard InChI is InChI=1S/C19H26ClN3O2/c1-22-6-7-25-18-16(8-12(20)9-17(18)22)19(24)21-13-10-14-4-3-5-15(11-13)23(14)2/h8-9,13-15H,3-7,10-11H2,1-2H3,(H,21,24). The average molecular weight is 364 g/mol. The molecule has 2 bridgehead atoms. The predicted octanol–water partition coefficient (Wildman–Crippen LogP) is 2.91. The highest BCUT2D eigenvalue weighted by Crippen LogP contribution is 2.38. The normalized spacial score (nSPS) is 28.9. The van der Waals surface area contributed by atoms with Gasteiger partial charge in [-0.25, -0.2) is 0 Å². The van der Waals surface area contributed by atoms with Gasteiger partial charge in [0.05, 0.1) is 17.8 Å². The van der Waals surface area contributed by atoms with E-state index in [-0.39, 0.29) is 11.9 Å². The monoisotopic (exact) mass is 363 g/mol. The molecule has 136 valence electrons. The molecule has 2 atom stereocenters. The third-order valence-corrected chi connectivity index (χ3v) is 6.26. The fourth-order valence-electron chi connectivity index (χ4n) is 4.59. The van der Waals surface area contributed by atoms with E-state index in [1.165, 1.54) is 19.3 Å². The number of anilines is 1. The summed E-state index contributed by atoms with van der Waals surface area (Å²) in [7, 11) is 4.22. The van der Waals surface area contributed by atoms with Crippen LogP contribution in [0.15, 0.2) is 12.1 Å². The molecule has 6 heteroatoms. The summed E-state index contributed by atoms with van der Waals surface area (Å²) in [6.07, 6.45) is 5.84. The van der Waals surface area contributed by atoms with Crippen molar-refractivity contribution in [3.05, 3.63) is 22.7 Å². The fourth-order valence-corrected chi connectivity index (χ4v) is 4.80. The second-order valence-corrected chi connectivity index (χ2v) is 8.05. The quantitative estimate of drug-likeness (QED) is 0.877. The number of nitrogens with zero attached hydrogens (tertiary/aromatic N) is 2. The summed E-state index contributed by atoms with van der Waals surface area (Å²) < 4.78 is 5.81. The van der Waals surface area contributed by atoms with E-state index in [4.69, 9.17) is 16.3 Å². The molecule has 2 unspecified atom stereocenters. The number of fused-ring (bicyclic) bond motifs is 3. The van der Waals surface area contributed by atoms with Crippen molar-refractivity contribution < 1.29 is 9.53 Å². The number of hydrogen-bond acceptors (Lipinski definition) is 4.